The van der Waals surface area contributed by atoms with E-state index in [-0.39, 0.29) is 0 Å². The van der Waals surface area contributed by atoms with Gasteiger partial charge in [0.15, 0.2) is 5.57 Å². The molecule has 1 rings (SSSR count). The van der Waals surface area contributed by atoms with Gasteiger partial charge in [0.25, 0.3) is 0 Å². The largest absolute Gasteiger partial charge is 0.488 e. The average molecular weight is 427 g/mol. The zero-order valence-corrected chi connectivity index (χ0v) is 19.2. The molecule has 0 aliphatic rings. The van der Waals surface area contributed by atoms with Crippen molar-refractivity contribution in [2.75, 3.05) is 0 Å². The van der Waals surface area contributed by atoms with Crippen molar-refractivity contribution in [3.05, 3.63) is 53.4 Å². The first kappa shape index (κ1) is 25.7. The predicted octanol–water partition coefficient (Wildman–Crippen LogP) is 6.76. The number of pyridine rings is 1. The number of rotatable bonds is 7. The maximum Gasteiger partial charge on any atom is 0.425 e. The van der Waals surface area contributed by atoms with Crippen molar-refractivity contribution in [2.24, 2.45) is 4.99 Å². The number of allylic oxidation sites excluding steroid dienone is 1. The number of aliphatic imine (C=N–C) groups is 1. The van der Waals surface area contributed by atoms with E-state index in [4.69, 9.17) is 9.47 Å². The molecule has 1 aromatic heterocycles. The average Bonchev–Trinajstić information content (AvgIpc) is 2.50. The molecule has 0 unspecified atom stereocenters. The minimum Gasteiger partial charge on any atom is -0.488 e. The van der Waals surface area contributed by atoms with E-state index in [2.05, 4.69) is 16.6 Å². The van der Waals surface area contributed by atoms with Crippen molar-refractivity contribution in [3.63, 3.8) is 0 Å². The number of halogens is 3. The van der Waals surface area contributed by atoms with Gasteiger partial charge >= 0.3 is 6.18 Å². The van der Waals surface area contributed by atoms with E-state index < -0.39 is 34.6 Å². The summed E-state index contributed by atoms with van der Waals surface area (Å²) >= 11 is 0. The Hall–Kier alpha value is -2.31. The summed E-state index contributed by atoms with van der Waals surface area (Å²) in [6.45, 7) is 17.0. The van der Waals surface area contributed by atoms with Gasteiger partial charge in [0.05, 0.1) is 11.4 Å². The summed E-state index contributed by atoms with van der Waals surface area (Å²) in [6.07, 6.45) is -3.09. The molecule has 0 spiro atoms. The molecule has 0 saturated heterocycles. The normalized spacial score (nSPS) is 14.3. The second kappa shape index (κ2) is 9.67. The molecular formula is C23H33F3N2O2. The highest BCUT2D eigenvalue weighted by molar-refractivity contribution is 5.97. The molecular weight excluding hydrogens is 393 g/mol. The first-order valence-corrected chi connectivity index (χ1v) is 9.94. The lowest BCUT2D eigenvalue weighted by Crippen LogP contribution is -2.27. The summed E-state index contributed by atoms with van der Waals surface area (Å²) in [6, 6.07) is 5.40. The number of aryl methyl sites for hydroxylation is 1. The Morgan fingerprint density at radius 2 is 1.60 bits per heavy atom. The molecule has 0 bridgehead atoms. The summed E-state index contributed by atoms with van der Waals surface area (Å²) < 4.78 is 53.1. The van der Waals surface area contributed by atoms with E-state index >= 15 is 0 Å². The van der Waals surface area contributed by atoms with E-state index in [1.54, 1.807) is 54.5 Å². The highest BCUT2D eigenvalue weighted by atomic mass is 19.4. The van der Waals surface area contributed by atoms with Crippen molar-refractivity contribution in [2.45, 2.75) is 85.6 Å². The van der Waals surface area contributed by atoms with E-state index in [1.807, 2.05) is 19.1 Å². The van der Waals surface area contributed by atoms with Crippen LogP contribution in [0, 0.1) is 0 Å². The Balaban J connectivity index is 3.63. The van der Waals surface area contributed by atoms with E-state index in [0.29, 0.717) is 11.4 Å². The molecule has 0 aliphatic heterocycles. The van der Waals surface area contributed by atoms with Gasteiger partial charge in [-0.15, -0.1) is 0 Å². The lowest BCUT2D eigenvalue weighted by molar-refractivity contribution is -0.103. The van der Waals surface area contributed by atoms with Gasteiger partial charge in [-0.3, -0.25) is 4.98 Å². The molecule has 0 saturated carbocycles. The van der Waals surface area contributed by atoms with Gasteiger partial charge in [-0.1, -0.05) is 26.0 Å². The van der Waals surface area contributed by atoms with Gasteiger partial charge in [0.2, 0.25) is 5.88 Å². The molecule has 7 heteroatoms. The predicted molar refractivity (Wildman–Crippen MR) is 114 cm³/mol. The first-order chi connectivity index (χ1) is 13.5. The van der Waals surface area contributed by atoms with Crippen LogP contribution in [-0.4, -0.2) is 28.1 Å². The molecule has 1 heterocycles. The number of alkyl halides is 3. The van der Waals surface area contributed by atoms with Crippen LogP contribution in [0.5, 0.6) is 0 Å². The monoisotopic (exact) mass is 426 g/mol. The molecule has 1 aromatic rings. The highest BCUT2D eigenvalue weighted by Gasteiger charge is 2.42. The lowest BCUT2D eigenvalue weighted by Gasteiger charge is -2.28. The van der Waals surface area contributed by atoms with Crippen LogP contribution in [0.2, 0.25) is 0 Å². The highest BCUT2D eigenvalue weighted by Crippen LogP contribution is 2.37. The number of aromatic nitrogens is 1. The summed E-state index contributed by atoms with van der Waals surface area (Å²) in [5.41, 5.74) is -1.29. The fraction of sp³-hybridized carbons (Fsp3) is 0.565. The van der Waals surface area contributed by atoms with Crippen LogP contribution in [0.1, 0.15) is 73.2 Å². The van der Waals surface area contributed by atoms with Crippen molar-refractivity contribution >= 4 is 5.71 Å². The molecule has 4 nitrogen and oxygen atoms in total. The number of ether oxygens (including phenoxy) is 2. The fourth-order valence-electron chi connectivity index (χ4n) is 2.53. The zero-order chi connectivity index (χ0) is 23.3. The first-order valence-electron chi connectivity index (χ1n) is 9.94. The Morgan fingerprint density at radius 3 is 2.07 bits per heavy atom. The van der Waals surface area contributed by atoms with Crippen LogP contribution in [-0.2, 0) is 15.9 Å². The van der Waals surface area contributed by atoms with Crippen LogP contribution < -0.4 is 0 Å². The Bertz CT molecular complexity index is 811. The van der Waals surface area contributed by atoms with E-state index in [9.17, 15) is 13.2 Å². The third kappa shape index (κ3) is 8.59. The summed E-state index contributed by atoms with van der Waals surface area (Å²) in [7, 11) is 0. The second-order valence-electron chi connectivity index (χ2n) is 8.99. The van der Waals surface area contributed by atoms with Gasteiger partial charge < -0.3 is 9.47 Å². The zero-order valence-electron chi connectivity index (χ0n) is 19.2. The number of hydrogen-bond acceptors (Lipinski definition) is 4. The molecule has 0 radical (unpaired) electrons. The van der Waals surface area contributed by atoms with E-state index in [1.165, 1.54) is 0 Å². The third-order valence-corrected chi connectivity index (χ3v) is 3.56. The molecule has 0 aliphatic carbocycles. The van der Waals surface area contributed by atoms with Crippen LogP contribution in [0.4, 0.5) is 13.2 Å². The fourth-order valence-corrected chi connectivity index (χ4v) is 2.53. The van der Waals surface area contributed by atoms with Gasteiger partial charge in [-0.2, -0.15) is 13.2 Å². The maximum absolute atomic E-state index is 14.0. The molecule has 0 N–H and O–H groups in total. The summed E-state index contributed by atoms with van der Waals surface area (Å²) in [5.74, 6) is -1.14. The van der Waals surface area contributed by atoms with E-state index in [0.717, 1.165) is 18.5 Å². The van der Waals surface area contributed by atoms with Crippen LogP contribution in [0.15, 0.2) is 47.0 Å². The summed E-state index contributed by atoms with van der Waals surface area (Å²) in [4.78, 5) is 8.70. The third-order valence-electron chi connectivity index (χ3n) is 3.56. The standard InChI is InChI=1S/C23H33F3N2O2/c1-10-12-17-13-11-14-18(28-17)15(2)27-20(30-22(7,8)9)19(23(24,25)26)16(3)29-21(4,5)6/h11,13-14H,3,10,12H2,1-2,4-9H3/b20-19-,27-15+. The topological polar surface area (TPSA) is 43.7 Å². The molecule has 0 fully saturated rings. The second-order valence-corrected chi connectivity index (χ2v) is 8.99. The van der Waals surface area contributed by atoms with Gasteiger partial charge in [-0.05, 0) is 67.0 Å². The molecule has 0 amide bonds. The number of nitrogens with zero attached hydrogens (tertiary/aromatic N) is 2. The van der Waals surface area contributed by atoms with Gasteiger partial charge in [0, 0.05) is 5.69 Å². The SMILES string of the molecule is C=C(OC(C)(C)C)/C(=C(\N=C(/C)c1cccc(CCC)n1)OC(C)(C)C)C(F)(F)F. The minimum atomic E-state index is -4.77. The lowest BCUT2D eigenvalue weighted by atomic mass is 10.1. The quantitative estimate of drug-likeness (QED) is 0.275. The smallest absolute Gasteiger partial charge is 0.425 e. The molecule has 0 atom stereocenters. The van der Waals surface area contributed by atoms with Crippen molar-refractivity contribution < 1.29 is 22.6 Å². The molecule has 168 valence electrons. The van der Waals surface area contributed by atoms with Crippen LogP contribution >= 0.6 is 0 Å². The Labute approximate surface area is 177 Å². The minimum absolute atomic E-state index is 0.303. The summed E-state index contributed by atoms with van der Waals surface area (Å²) in [5, 5.41) is 0. The van der Waals surface area contributed by atoms with Crippen LogP contribution in [0.3, 0.4) is 0 Å². The number of hydrogen-bond donors (Lipinski definition) is 0. The van der Waals surface area contributed by atoms with Crippen molar-refractivity contribution in [1.82, 2.24) is 4.98 Å². The molecule has 30 heavy (non-hydrogen) atoms. The van der Waals surface area contributed by atoms with Gasteiger partial charge in [-0.25, -0.2) is 4.99 Å². The Kier molecular flexibility index (Phi) is 8.29. The van der Waals surface area contributed by atoms with Crippen molar-refractivity contribution in [1.29, 1.82) is 0 Å². The van der Waals surface area contributed by atoms with Crippen LogP contribution in [0.25, 0.3) is 0 Å². The van der Waals surface area contributed by atoms with Gasteiger partial charge in [0.1, 0.15) is 17.0 Å². The van der Waals surface area contributed by atoms with Crippen molar-refractivity contribution in [3.8, 4) is 0 Å². The Morgan fingerprint density at radius 1 is 1.03 bits per heavy atom. The maximum atomic E-state index is 14.0. The molecule has 0 aromatic carbocycles.